The molecule has 1 saturated carbocycles. The van der Waals surface area contributed by atoms with E-state index in [2.05, 4.69) is 23.3 Å². The topological polar surface area (TPSA) is 50.8 Å². The first kappa shape index (κ1) is 24.3. The first-order valence-corrected chi connectivity index (χ1v) is 11.2. The Kier molecular flexibility index (Phi) is 6.50. The number of likely N-dealkylation sites (N-methyl/N-ethyl adjacent to an activating group) is 1. The lowest BCUT2D eigenvalue weighted by atomic mass is 9.63. The molecule has 2 aromatic rings. The summed E-state index contributed by atoms with van der Waals surface area (Å²) >= 11 is 0. The minimum Gasteiger partial charge on any atom is -0.493 e. The summed E-state index contributed by atoms with van der Waals surface area (Å²) < 4.78 is 63.6. The zero-order chi connectivity index (χ0) is 24.7. The number of nitrogens with zero attached hydrogens (tertiary/aromatic N) is 1. The second-order valence-electron chi connectivity index (χ2n) is 9.26. The maximum Gasteiger partial charge on any atom is 0.419 e. The van der Waals surface area contributed by atoms with Gasteiger partial charge in [0.15, 0.2) is 11.5 Å². The molecule has 0 aromatic heterocycles. The molecule has 3 unspecified atom stereocenters. The summed E-state index contributed by atoms with van der Waals surface area (Å²) in [5, 5.41) is 2.88. The van der Waals surface area contributed by atoms with Gasteiger partial charge in [-0.3, -0.25) is 4.79 Å². The number of nitrogens with one attached hydrogen (secondary N) is 1. The Labute approximate surface area is 196 Å². The number of hydrogen-bond acceptors (Lipinski definition) is 4. The molecule has 2 aliphatic rings. The number of benzene rings is 2. The first-order valence-electron chi connectivity index (χ1n) is 11.2. The smallest absolute Gasteiger partial charge is 0.419 e. The molecule has 0 spiro atoms. The van der Waals surface area contributed by atoms with Gasteiger partial charge in [-0.15, -0.1) is 0 Å². The average Bonchev–Trinajstić information content (AvgIpc) is 3.14. The van der Waals surface area contributed by atoms with Crippen LogP contribution < -0.4 is 14.8 Å². The Balaban J connectivity index is 1.53. The summed E-state index contributed by atoms with van der Waals surface area (Å²) in [6, 6.07) is 8.14. The highest BCUT2D eigenvalue weighted by Crippen LogP contribution is 2.49. The highest BCUT2D eigenvalue weighted by atomic mass is 19.4. The summed E-state index contributed by atoms with van der Waals surface area (Å²) in [5.74, 6) is -0.455. The summed E-state index contributed by atoms with van der Waals surface area (Å²) in [6.07, 6.45) is -2.69. The number of halogens is 4. The Morgan fingerprint density at radius 3 is 2.53 bits per heavy atom. The number of methoxy groups -OCH3 is 2. The molecule has 9 heteroatoms. The van der Waals surface area contributed by atoms with Crippen LogP contribution >= 0.6 is 0 Å². The van der Waals surface area contributed by atoms with Gasteiger partial charge in [0.05, 0.1) is 19.8 Å². The van der Waals surface area contributed by atoms with Crippen LogP contribution in [0.25, 0.3) is 0 Å². The molecule has 1 amide bonds. The monoisotopic (exact) mass is 480 g/mol. The molecule has 5 nitrogen and oxygen atoms in total. The quantitative estimate of drug-likeness (QED) is 0.634. The number of amides is 1. The Morgan fingerprint density at radius 2 is 1.85 bits per heavy atom. The van der Waals surface area contributed by atoms with Crippen LogP contribution in [0.4, 0.5) is 17.6 Å². The predicted molar refractivity (Wildman–Crippen MR) is 119 cm³/mol. The molecular formula is C25H28F4N2O3. The van der Waals surface area contributed by atoms with Gasteiger partial charge >= 0.3 is 6.18 Å². The molecule has 1 heterocycles. The van der Waals surface area contributed by atoms with Crippen molar-refractivity contribution >= 4 is 5.91 Å². The summed E-state index contributed by atoms with van der Waals surface area (Å²) in [6.45, 7) is 1.70. The van der Waals surface area contributed by atoms with E-state index in [0.717, 1.165) is 31.1 Å². The van der Waals surface area contributed by atoms with Crippen LogP contribution in [0.2, 0.25) is 0 Å². The van der Waals surface area contributed by atoms with E-state index in [1.807, 2.05) is 12.1 Å². The highest BCUT2D eigenvalue weighted by Gasteiger charge is 2.50. The Hall–Kier alpha value is -2.81. The summed E-state index contributed by atoms with van der Waals surface area (Å²) in [5.41, 5.74) is -0.602. The van der Waals surface area contributed by atoms with E-state index in [1.165, 1.54) is 0 Å². The van der Waals surface area contributed by atoms with E-state index in [0.29, 0.717) is 36.5 Å². The fourth-order valence-electron chi connectivity index (χ4n) is 5.60. The van der Waals surface area contributed by atoms with Crippen LogP contribution in [-0.4, -0.2) is 51.2 Å². The van der Waals surface area contributed by atoms with Crippen LogP contribution in [-0.2, 0) is 11.6 Å². The molecule has 2 fully saturated rings. The van der Waals surface area contributed by atoms with Crippen LogP contribution in [0.1, 0.15) is 40.7 Å². The largest absolute Gasteiger partial charge is 0.493 e. The van der Waals surface area contributed by atoms with Gasteiger partial charge in [0.25, 0.3) is 5.91 Å². The molecule has 34 heavy (non-hydrogen) atoms. The second kappa shape index (κ2) is 9.09. The van der Waals surface area contributed by atoms with E-state index in [9.17, 15) is 22.4 Å². The van der Waals surface area contributed by atoms with Crippen LogP contribution in [0, 0.1) is 11.7 Å². The zero-order valence-corrected chi connectivity index (χ0v) is 19.3. The average molecular weight is 481 g/mol. The minimum atomic E-state index is -4.86. The van der Waals surface area contributed by atoms with E-state index in [-0.39, 0.29) is 22.9 Å². The number of hydrogen-bond donors (Lipinski definition) is 1. The van der Waals surface area contributed by atoms with Crippen molar-refractivity contribution in [1.82, 2.24) is 10.2 Å². The van der Waals surface area contributed by atoms with Crippen LogP contribution in [0.15, 0.2) is 36.4 Å². The highest BCUT2D eigenvalue weighted by molar-refractivity contribution is 5.94. The molecule has 1 aliphatic heterocycles. The van der Waals surface area contributed by atoms with Crippen molar-refractivity contribution in [3.63, 3.8) is 0 Å². The van der Waals surface area contributed by atoms with Gasteiger partial charge < -0.3 is 19.7 Å². The van der Waals surface area contributed by atoms with Crippen molar-refractivity contribution in [3.8, 4) is 11.5 Å². The third-order valence-electron chi connectivity index (χ3n) is 7.20. The van der Waals surface area contributed by atoms with Crippen molar-refractivity contribution in [2.75, 3.05) is 34.4 Å². The van der Waals surface area contributed by atoms with E-state index in [4.69, 9.17) is 9.47 Å². The van der Waals surface area contributed by atoms with E-state index < -0.39 is 23.5 Å². The molecule has 184 valence electrons. The number of rotatable bonds is 5. The molecule has 0 bridgehead atoms. The standard InChI is InChI=1S/C25H28F4N2O3/c1-31-13-17-11-18(30-23(32)15-4-6-20(26)19(10-15)25(27,28)29)8-9-24(17,14-31)16-5-7-21(33-2)22(12-16)34-3/h4-7,10,12,17-18H,8-9,11,13-14H2,1-3H3,(H,30,32). The summed E-state index contributed by atoms with van der Waals surface area (Å²) in [4.78, 5) is 15.0. The second-order valence-corrected chi connectivity index (χ2v) is 9.26. The maximum absolute atomic E-state index is 13.6. The van der Waals surface area contributed by atoms with Gasteiger partial charge in [0, 0.05) is 30.1 Å². The molecule has 0 radical (unpaired) electrons. The molecule has 3 atom stereocenters. The van der Waals surface area contributed by atoms with Gasteiger partial charge in [-0.2, -0.15) is 13.2 Å². The Bertz CT molecular complexity index is 1070. The third kappa shape index (κ3) is 4.45. The van der Waals surface area contributed by atoms with Gasteiger partial charge in [-0.1, -0.05) is 6.07 Å². The summed E-state index contributed by atoms with van der Waals surface area (Å²) in [7, 11) is 5.25. The van der Waals surface area contributed by atoms with Crippen LogP contribution in [0.5, 0.6) is 11.5 Å². The lowest BCUT2D eigenvalue weighted by molar-refractivity contribution is -0.140. The number of alkyl halides is 3. The molecule has 1 N–H and O–H groups in total. The number of likely N-dealkylation sites (tertiary alicyclic amines) is 1. The van der Waals surface area contributed by atoms with Crippen LogP contribution in [0.3, 0.4) is 0 Å². The molecule has 4 rings (SSSR count). The number of carbonyl (C=O) groups is 1. The van der Waals surface area contributed by atoms with Crippen molar-refractivity contribution in [2.45, 2.75) is 36.9 Å². The predicted octanol–water partition coefficient (Wildman–Crippen LogP) is 4.64. The van der Waals surface area contributed by atoms with Crippen molar-refractivity contribution in [3.05, 3.63) is 58.9 Å². The zero-order valence-electron chi connectivity index (χ0n) is 19.3. The van der Waals surface area contributed by atoms with Gasteiger partial charge in [-0.25, -0.2) is 4.39 Å². The SMILES string of the molecule is COc1ccc(C23CCC(NC(=O)c4ccc(F)c(C(F)(F)F)c4)CC2CN(C)C3)cc1OC. The first-order chi connectivity index (χ1) is 16.1. The number of ether oxygens (including phenoxy) is 2. The van der Waals surface area contributed by atoms with Crippen molar-refractivity contribution in [2.24, 2.45) is 5.92 Å². The Morgan fingerprint density at radius 1 is 1.12 bits per heavy atom. The minimum absolute atomic E-state index is 0.116. The van der Waals surface area contributed by atoms with E-state index >= 15 is 0 Å². The van der Waals surface area contributed by atoms with Gasteiger partial charge in [-0.05, 0) is 68.1 Å². The fraction of sp³-hybridized carbons (Fsp3) is 0.480. The van der Waals surface area contributed by atoms with Gasteiger partial charge in [0.2, 0.25) is 0 Å². The fourth-order valence-corrected chi connectivity index (χ4v) is 5.60. The normalized spacial score (nSPS) is 25.0. The lowest BCUT2D eigenvalue weighted by Crippen LogP contribution is -2.47. The molecule has 1 saturated heterocycles. The molecular weight excluding hydrogens is 452 g/mol. The van der Waals surface area contributed by atoms with E-state index in [1.54, 1.807) is 14.2 Å². The number of carbonyl (C=O) groups excluding carboxylic acids is 1. The van der Waals surface area contributed by atoms with Crippen molar-refractivity contribution < 1.29 is 31.8 Å². The lowest BCUT2D eigenvalue weighted by Gasteiger charge is -2.43. The molecule has 2 aromatic carbocycles. The third-order valence-corrected chi connectivity index (χ3v) is 7.20. The van der Waals surface area contributed by atoms with Crippen molar-refractivity contribution in [1.29, 1.82) is 0 Å². The maximum atomic E-state index is 13.6. The van der Waals surface area contributed by atoms with Gasteiger partial charge in [0.1, 0.15) is 5.82 Å². The molecule has 1 aliphatic carbocycles. The number of fused-ring (bicyclic) bond motifs is 1.